The average Bonchev–Trinajstić information content (AvgIpc) is 3.50. The summed E-state index contributed by atoms with van der Waals surface area (Å²) < 4.78 is 84.4. The molecule has 5 nitrogen and oxygen atoms in total. The van der Waals surface area contributed by atoms with Crippen LogP contribution >= 0.6 is 0 Å². The van der Waals surface area contributed by atoms with Crippen LogP contribution in [-0.4, -0.2) is 28.9 Å². The van der Waals surface area contributed by atoms with Gasteiger partial charge in [-0.3, -0.25) is 0 Å². The van der Waals surface area contributed by atoms with Crippen LogP contribution < -0.4 is 4.72 Å². The SMILES string of the molecule is CC(C)(O)Cn1cc(CNS(=O)(=O)C2CC2)c2cc(F)c(-c3ccccc3C(F)(F)F)cc21. The summed E-state index contributed by atoms with van der Waals surface area (Å²) >= 11 is 0. The third-order valence-corrected chi connectivity index (χ3v) is 7.46. The highest BCUT2D eigenvalue weighted by Crippen LogP contribution is 2.39. The Bertz CT molecular complexity index is 1300. The molecule has 1 saturated carbocycles. The zero-order valence-corrected chi connectivity index (χ0v) is 18.9. The van der Waals surface area contributed by atoms with Gasteiger partial charge in [-0.25, -0.2) is 17.5 Å². The van der Waals surface area contributed by atoms with Crippen molar-refractivity contribution < 1.29 is 31.1 Å². The number of nitrogens with zero attached hydrogens (tertiary/aromatic N) is 1. The standard InChI is InChI=1S/C23H24F4N2O3S/c1-22(2,30)13-29-12-14(11-28-33(31,32)15-7-8-15)17-9-20(24)18(10-21(17)29)16-5-3-4-6-19(16)23(25,26)27/h3-6,9-10,12,15,28,30H,7-8,11,13H2,1-2H3. The van der Waals surface area contributed by atoms with E-state index in [9.17, 15) is 26.7 Å². The molecule has 1 aliphatic rings. The molecule has 3 aromatic rings. The predicted molar refractivity (Wildman–Crippen MR) is 117 cm³/mol. The van der Waals surface area contributed by atoms with Crippen molar-refractivity contribution >= 4 is 20.9 Å². The van der Waals surface area contributed by atoms with Gasteiger partial charge in [-0.15, -0.1) is 0 Å². The van der Waals surface area contributed by atoms with Crippen molar-refractivity contribution in [3.05, 3.63) is 59.5 Å². The second-order valence-electron chi connectivity index (χ2n) is 9.05. The molecule has 2 N–H and O–H groups in total. The van der Waals surface area contributed by atoms with Crippen molar-refractivity contribution in [1.82, 2.24) is 9.29 Å². The number of aliphatic hydroxyl groups is 1. The van der Waals surface area contributed by atoms with Crippen LogP contribution in [0, 0.1) is 5.82 Å². The number of halogens is 4. The maximum atomic E-state index is 15.1. The molecular formula is C23H24F4N2O3S. The zero-order chi connectivity index (χ0) is 24.2. The third-order valence-electron chi connectivity index (χ3n) is 5.56. The van der Waals surface area contributed by atoms with Crippen molar-refractivity contribution in [1.29, 1.82) is 0 Å². The third kappa shape index (κ3) is 5.07. The van der Waals surface area contributed by atoms with Gasteiger partial charge in [0, 0.05) is 29.2 Å². The number of nitrogens with one attached hydrogen (secondary N) is 1. The fourth-order valence-corrected chi connectivity index (χ4v) is 5.27. The van der Waals surface area contributed by atoms with E-state index in [2.05, 4.69) is 4.72 Å². The van der Waals surface area contributed by atoms with Crippen molar-refractivity contribution in [2.24, 2.45) is 0 Å². The minimum atomic E-state index is -4.67. The second kappa shape index (κ2) is 8.11. The van der Waals surface area contributed by atoms with E-state index in [-0.39, 0.29) is 24.2 Å². The molecule has 0 amide bonds. The van der Waals surface area contributed by atoms with Crippen LogP contribution in [0.15, 0.2) is 42.6 Å². The predicted octanol–water partition coefficient (Wildman–Crippen LogP) is 4.82. The van der Waals surface area contributed by atoms with Gasteiger partial charge < -0.3 is 9.67 Å². The summed E-state index contributed by atoms with van der Waals surface area (Å²) in [5, 5.41) is 10.3. The van der Waals surface area contributed by atoms with Gasteiger partial charge >= 0.3 is 6.18 Å². The molecule has 0 spiro atoms. The van der Waals surface area contributed by atoms with Crippen LogP contribution in [0.1, 0.15) is 37.8 Å². The molecule has 0 aliphatic heterocycles. The average molecular weight is 485 g/mol. The monoisotopic (exact) mass is 484 g/mol. The molecule has 0 unspecified atom stereocenters. The van der Waals surface area contributed by atoms with Gasteiger partial charge in [0.05, 0.1) is 23.0 Å². The molecule has 0 atom stereocenters. The Morgan fingerprint density at radius 1 is 1.12 bits per heavy atom. The number of rotatable bonds is 7. The molecule has 1 heterocycles. The first-order valence-electron chi connectivity index (χ1n) is 10.4. The maximum Gasteiger partial charge on any atom is 0.417 e. The molecule has 33 heavy (non-hydrogen) atoms. The van der Waals surface area contributed by atoms with Crippen molar-refractivity contribution in [3.8, 4) is 11.1 Å². The molecule has 0 saturated heterocycles. The van der Waals surface area contributed by atoms with E-state index >= 15 is 4.39 Å². The maximum absolute atomic E-state index is 15.1. The first-order chi connectivity index (χ1) is 15.3. The van der Waals surface area contributed by atoms with Crippen LogP contribution in [0.4, 0.5) is 17.6 Å². The Morgan fingerprint density at radius 2 is 1.79 bits per heavy atom. The first kappa shape index (κ1) is 23.7. The van der Waals surface area contributed by atoms with E-state index in [4.69, 9.17) is 0 Å². The van der Waals surface area contributed by atoms with E-state index in [0.29, 0.717) is 29.3 Å². The fraction of sp³-hybridized carbons (Fsp3) is 0.391. The number of alkyl halides is 3. The number of fused-ring (bicyclic) bond motifs is 1. The second-order valence-corrected chi connectivity index (χ2v) is 11.1. The Kier molecular flexibility index (Phi) is 5.83. The van der Waals surface area contributed by atoms with Gasteiger partial charge in [0.1, 0.15) is 5.82 Å². The van der Waals surface area contributed by atoms with E-state index < -0.39 is 38.4 Å². The number of aromatic nitrogens is 1. The number of hydrogen-bond donors (Lipinski definition) is 2. The van der Waals surface area contributed by atoms with Crippen LogP contribution in [0.3, 0.4) is 0 Å². The fourth-order valence-electron chi connectivity index (χ4n) is 3.92. The smallest absolute Gasteiger partial charge is 0.389 e. The van der Waals surface area contributed by atoms with Gasteiger partial charge in [0.25, 0.3) is 0 Å². The summed E-state index contributed by atoms with van der Waals surface area (Å²) in [4.78, 5) is 0. The van der Waals surface area contributed by atoms with Gasteiger partial charge in [-0.05, 0) is 56.0 Å². The summed E-state index contributed by atoms with van der Waals surface area (Å²) in [6.45, 7) is 3.12. The number of benzene rings is 2. The minimum Gasteiger partial charge on any atom is -0.389 e. The van der Waals surface area contributed by atoms with E-state index in [0.717, 1.165) is 12.1 Å². The van der Waals surface area contributed by atoms with Crippen LogP contribution in [0.2, 0.25) is 0 Å². The summed E-state index contributed by atoms with van der Waals surface area (Å²) in [5.41, 5.74) is -1.79. The Balaban J connectivity index is 1.84. The highest BCUT2D eigenvalue weighted by molar-refractivity contribution is 7.90. The number of sulfonamides is 1. The highest BCUT2D eigenvalue weighted by Gasteiger charge is 2.36. The highest BCUT2D eigenvalue weighted by atomic mass is 32.2. The topological polar surface area (TPSA) is 71.3 Å². The van der Waals surface area contributed by atoms with Crippen molar-refractivity contribution in [2.45, 2.75) is 56.8 Å². The largest absolute Gasteiger partial charge is 0.417 e. The normalized spacial score (nSPS) is 15.4. The van der Waals surface area contributed by atoms with Gasteiger partial charge in [-0.2, -0.15) is 13.2 Å². The van der Waals surface area contributed by atoms with Gasteiger partial charge in [-0.1, -0.05) is 18.2 Å². The van der Waals surface area contributed by atoms with E-state index in [1.165, 1.54) is 24.3 Å². The lowest BCUT2D eigenvalue weighted by Crippen LogP contribution is -2.27. The lowest BCUT2D eigenvalue weighted by molar-refractivity contribution is -0.137. The summed E-state index contributed by atoms with van der Waals surface area (Å²) in [7, 11) is -3.49. The molecule has 1 aliphatic carbocycles. The van der Waals surface area contributed by atoms with E-state index in [1.807, 2.05) is 0 Å². The Hall–Kier alpha value is -2.43. The summed E-state index contributed by atoms with van der Waals surface area (Å²) in [6, 6.07) is 7.19. The Labute approximate surface area is 189 Å². The lowest BCUT2D eigenvalue weighted by atomic mass is 9.97. The van der Waals surface area contributed by atoms with Crippen molar-refractivity contribution in [2.75, 3.05) is 0 Å². The molecule has 4 rings (SSSR count). The van der Waals surface area contributed by atoms with Crippen LogP contribution in [-0.2, 0) is 29.3 Å². The minimum absolute atomic E-state index is 0.0743. The molecule has 10 heteroatoms. The Morgan fingerprint density at radius 3 is 2.39 bits per heavy atom. The molecule has 1 aromatic heterocycles. The summed E-state index contributed by atoms with van der Waals surface area (Å²) in [6.07, 6.45) is -1.89. The quantitative estimate of drug-likeness (QED) is 0.473. The molecule has 0 radical (unpaired) electrons. The molecular weight excluding hydrogens is 460 g/mol. The lowest BCUT2D eigenvalue weighted by Gasteiger charge is -2.19. The molecule has 178 valence electrons. The van der Waals surface area contributed by atoms with Gasteiger partial charge in [0.15, 0.2) is 0 Å². The first-order valence-corrected chi connectivity index (χ1v) is 12.0. The summed E-state index contributed by atoms with van der Waals surface area (Å²) in [5.74, 6) is -0.855. The molecule has 0 bridgehead atoms. The van der Waals surface area contributed by atoms with E-state index in [1.54, 1.807) is 24.6 Å². The zero-order valence-electron chi connectivity index (χ0n) is 18.1. The molecule has 2 aromatic carbocycles. The van der Waals surface area contributed by atoms with Crippen LogP contribution in [0.25, 0.3) is 22.0 Å². The van der Waals surface area contributed by atoms with Crippen LogP contribution in [0.5, 0.6) is 0 Å². The number of hydrogen-bond acceptors (Lipinski definition) is 3. The van der Waals surface area contributed by atoms with Crippen molar-refractivity contribution in [3.63, 3.8) is 0 Å². The molecule has 1 fully saturated rings. The van der Waals surface area contributed by atoms with Gasteiger partial charge in [0.2, 0.25) is 10.0 Å².